The summed E-state index contributed by atoms with van der Waals surface area (Å²) in [6.45, 7) is 11.7. The monoisotopic (exact) mass is 849 g/mol. The number of halogens is 1. The second kappa shape index (κ2) is 18.1. The molecular formula is C47H56ClN7O6. The minimum Gasteiger partial charge on any atom is -0.453 e. The van der Waals surface area contributed by atoms with E-state index in [1.54, 1.807) is 0 Å². The summed E-state index contributed by atoms with van der Waals surface area (Å²) >= 11 is 6.84. The molecule has 322 valence electrons. The summed E-state index contributed by atoms with van der Waals surface area (Å²) < 4.78 is 9.60. The first-order valence-corrected chi connectivity index (χ1v) is 21.6. The minimum absolute atomic E-state index is 0.00229. The number of likely N-dealkylation sites (tertiary alicyclic amines) is 2. The lowest BCUT2D eigenvalue weighted by molar-refractivity contribution is -0.137. The highest BCUT2D eigenvalue weighted by Crippen LogP contribution is 2.40. The van der Waals surface area contributed by atoms with E-state index < -0.39 is 24.3 Å². The van der Waals surface area contributed by atoms with Crippen LogP contribution in [0.5, 0.6) is 0 Å². The van der Waals surface area contributed by atoms with E-state index in [4.69, 9.17) is 31.1 Å². The molecule has 14 heteroatoms. The number of rotatable bonds is 11. The van der Waals surface area contributed by atoms with E-state index in [0.717, 1.165) is 81.5 Å². The van der Waals surface area contributed by atoms with Crippen molar-refractivity contribution >= 4 is 57.7 Å². The Kier molecular flexibility index (Phi) is 12.9. The van der Waals surface area contributed by atoms with Crippen LogP contribution >= 0.6 is 11.6 Å². The summed E-state index contributed by atoms with van der Waals surface area (Å²) in [6, 6.07) is 19.2. The molecule has 0 unspecified atom stereocenters. The van der Waals surface area contributed by atoms with E-state index in [0.29, 0.717) is 11.6 Å². The van der Waals surface area contributed by atoms with Gasteiger partial charge in [0.15, 0.2) is 0 Å². The third kappa shape index (κ3) is 8.89. The fourth-order valence-electron chi connectivity index (χ4n) is 9.03. The van der Waals surface area contributed by atoms with Gasteiger partial charge in [0.05, 0.1) is 38.2 Å². The van der Waals surface area contributed by atoms with Crippen molar-refractivity contribution in [1.29, 1.82) is 0 Å². The molecule has 2 fully saturated rings. The first kappa shape index (κ1) is 43.4. The van der Waals surface area contributed by atoms with E-state index in [9.17, 15) is 19.2 Å². The zero-order chi connectivity index (χ0) is 43.7. The van der Waals surface area contributed by atoms with Crippen LogP contribution in [0.4, 0.5) is 9.59 Å². The summed E-state index contributed by atoms with van der Waals surface area (Å²) in [5.41, 5.74) is 6.76. The van der Waals surface area contributed by atoms with Crippen molar-refractivity contribution in [2.45, 2.75) is 110 Å². The predicted molar refractivity (Wildman–Crippen MR) is 238 cm³/mol. The van der Waals surface area contributed by atoms with Crippen molar-refractivity contribution in [3.05, 3.63) is 83.4 Å². The molecule has 4 aromatic rings. The molecule has 13 nitrogen and oxygen atoms in total. The molecule has 0 radical (unpaired) electrons. The van der Waals surface area contributed by atoms with Crippen molar-refractivity contribution in [2.75, 3.05) is 14.2 Å². The first-order valence-electron chi connectivity index (χ1n) is 21.2. The molecule has 0 aliphatic carbocycles. The highest BCUT2D eigenvalue weighted by molar-refractivity contribution is 6.35. The van der Waals surface area contributed by atoms with E-state index in [1.165, 1.54) is 14.2 Å². The van der Waals surface area contributed by atoms with Gasteiger partial charge in [-0.1, -0.05) is 87.8 Å². The topological polar surface area (TPSA) is 158 Å². The zero-order valence-corrected chi connectivity index (χ0v) is 36.9. The van der Waals surface area contributed by atoms with Gasteiger partial charge in [0, 0.05) is 29.8 Å². The number of carbonyl (C=O) groups excluding carboxylic acids is 4. The van der Waals surface area contributed by atoms with Gasteiger partial charge in [0.1, 0.15) is 23.1 Å². The Balaban J connectivity index is 1.03. The molecule has 2 saturated heterocycles. The van der Waals surface area contributed by atoms with Gasteiger partial charge < -0.3 is 34.9 Å². The number of hydrogen-bond acceptors (Lipinski definition) is 8. The molecule has 6 atom stereocenters. The molecule has 3 N–H and O–H groups in total. The van der Waals surface area contributed by atoms with Gasteiger partial charge in [-0.15, -0.1) is 0 Å². The number of aromatic nitrogens is 2. The van der Waals surface area contributed by atoms with Crippen molar-refractivity contribution in [2.24, 2.45) is 16.8 Å². The normalized spacial score (nSPS) is 21.3. The summed E-state index contributed by atoms with van der Waals surface area (Å²) in [4.78, 5) is 68.6. The number of allylic oxidation sites excluding steroid dienone is 1. The molecule has 3 aromatic carbocycles. The maximum atomic E-state index is 13.9. The smallest absolute Gasteiger partial charge is 0.407 e. The van der Waals surface area contributed by atoms with Crippen LogP contribution in [-0.2, 0) is 19.1 Å². The molecule has 3 aliphatic rings. The highest BCUT2D eigenvalue weighted by atomic mass is 35.5. The van der Waals surface area contributed by atoms with Gasteiger partial charge in [-0.3, -0.25) is 9.59 Å². The zero-order valence-electron chi connectivity index (χ0n) is 36.1. The van der Waals surface area contributed by atoms with Crippen molar-refractivity contribution < 1.29 is 28.7 Å². The third-order valence-corrected chi connectivity index (χ3v) is 12.8. The van der Waals surface area contributed by atoms with Crippen LogP contribution < -0.4 is 10.6 Å². The Hall–Kier alpha value is -5.69. The fraction of sp³-hybridized carbons (Fsp3) is 0.447. The van der Waals surface area contributed by atoms with Crippen LogP contribution in [0.1, 0.15) is 91.1 Å². The first-order chi connectivity index (χ1) is 29.2. The molecule has 4 amide bonds. The van der Waals surface area contributed by atoms with Gasteiger partial charge in [-0.2, -0.15) is 0 Å². The molecule has 7 rings (SSSR count). The average Bonchev–Trinajstić information content (AvgIpc) is 4.06. The second-order valence-electron chi connectivity index (χ2n) is 17.2. The van der Waals surface area contributed by atoms with Crippen LogP contribution in [-0.4, -0.2) is 93.9 Å². The summed E-state index contributed by atoms with van der Waals surface area (Å²) in [5.74, 6) is 0.191. The lowest BCUT2D eigenvalue weighted by Crippen LogP contribution is -2.55. The molecule has 0 saturated carbocycles. The number of fused-ring (bicyclic) bond motifs is 1. The molecule has 0 spiro atoms. The lowest BCUT2D eigenvalue weighted by Gasteiger charge is -2.33. The van der Waals surface area contributed by atoms with Crippen LogP contribution in [0.15, 0.2) is 77.0 Å². The van der Waals surface area contributed by atoms with E-state index >= 15 is 0 Å². The maximum Gasteiger partial charge on any atom is 0.407 e. The molecule has 4 heterocycles. The quantitative estimate of drug-likeness (QED) is 0.127. The Morgan fingerprint density at radius 1 is 0.705 bits per heavy atom. The average molecular weight is 850 g/mol. The Morgan fingerprint density at radius 3 is 1.75 bits per heavy atom. The van der Waals surface area contributed by atoms with Crippen LogP contribution in [0, 0.1) is 11.8 Å². The summed E-state index contributed by atoms with van der Waals surface area (Å²) in [7, 11) is 2.59. The largest absolute Gasteiger partial charge is 0.453 e. The fourth-order valence-corrected chi connectivity index (χ4v) is 9.32. The predicted octanol–water partition coefficient (Wildman–Crippen LogP) is 8.84. The minimum atomic E-state index is -0.714. The second-order valence-corrected chi connectivity index (χ2v) is 17.5. The Bertz CT molecular complexity index is 2370. The SMILES string of the molecule is COC(=O)N[C@H](C(=O)N1[C@@H](C)CC[C@H]1C1=NC(Cl)=C(c2ccc3cc(-c4ccc(-c5cnc([C@@H]6CC[C@H](C)N6C(=O)[C@@H](NC(=O)OC)C(C)C)[nH]5)cc4)ccc3c2)C1)C(C)C. The van der Waals surface area contributed by atoms with Gasteiger partial charge in [0.2, 0.25) is 11.8 Å². The van der Waals surface area contributed by atoms with Gasteiger partial charge in [-0.05, 0) is 96.5 Å². The number of aromatic amines is 1. The summed E-state index contributed by atoms with van der Waals surface area (Å²) in [6.07, 6.45) is 4.29. The number of hydrogen-bond donors (Lipinski definition) is 3. The number of alkyl carbamates (subject to hydrolysis) is 2. The van der Waals surface area contributed by atoms with Crippen molar-refractivity contribution in [1.82, 2.24) is 30.4 Å². The number of amides is 4. The van der Waals surface area contributed by atoms with Crippen LogP contribution in [0.2, 0.25) is 0 Å². The molecule has 61 heavy (non-hydrogen) atoms. The van der Waals surface area contributed by atoms with Crippen LogP contribution in [0.25, 0.3) is 38.7 Å². The Labute approximate surface area is 362 Å². The van der Waals surface area contributed by atoms with E-state index in [2.05, 4.69) is 76.3 Å². The molecule has 1 aromatic heterocycles. The number of nitrogens with zero attached hydrogens (tertiary/aromatic N) is 4. The van der Waals surface area contributed by atoms with Crippen LogP contribution in [0.3, 0.4) is 0 Å². The van der Waals surface area contributed by atoms with Crippen molar-refractivity contribution in [3.63, 3.8) is 0 Å². The maximum absolute atomic E-state index is 13.9. The molecule has 0 bridgehead atoms. The summed E-state index contributed by atoms with van der Waals surface area (Å²) in [5, 5.41) is 8.05. The molecular weight excluding hydrogens is 794 g/mol. The number of H-pyrrole nitrogens is 1. The van der Waals surface area contributed by atoms with Gasteiger partial charge in [-0.25, -0.2) is 19.6 Å². The van der Waals surface area contributed by atoms with Gasteiger partial charge in [0.25, 0.3) is 0 Å². The number of methoxy groups -OCH3 is 2. The number of carbonyl (C=O) groups is 4. The lowest BCUT2D eigenvalue weighted by atomic mass is 9.94. The van der Waals surface area contributed by atoms with E-state index in [-0.39, 0.29) is 47.8 Å². The Morgan fingerprint density at radius 2 is 1.20 bits per heavy atom. The number of ether oxygens (including phenoxy) is 2. The number of aliphatic imine (C=N–C) groups is 1. The molecule has 3 aliphatic heterocycles. The highest BCUT2D eigenvalue weighted by Gasteiger charge is 2.43. The number of nitrogens with one attached hydrogen (secondary N) is 3. The van der Waals surface area contributed by atoms with Gasteiger partial charge >= 0.3 is 12.2 Å². The van der Waals surface area contributed by atoms with Crippen molar-refractivity contribution in [3.8, 4) is 22.4 Å². The standard InChI is InChI=1S/C47H56ClN7O6/c1-25(2)40(52-46(58)60-7)44(56)54-27(5)9-19-38(54)36-23-35(42(48)50-36)34-18-17-32-21-31(15-16-33(32)22-34)29-11-13-30(14-12-29)37-24-49-43(51-37)39-20-10-28(6)55(39)45(57)41(26(3)4)53-47(59)61-8/h11-18,21-22,24-28,38-41H,9-10,19-20,23H2,1-8H3,(H,49,51)(H,52,58)(H,53,59)/t27-,28-,38-,39-,40-,41-/m0/s1. The number of benzene rings is 3. The van der Waals surface area contributed by atoms with E-state index in [1.807, 2.05) is 57.5 Å². The number of imidazole rings is 1. The third-order valence-electron chi connectivity index (χ3n) is 12.5.